The number of nitro benzene ring substituents is 1. The number of carbonyl (C=O) groups excluding carboxylic acids is 1. The molecule has 0 aliphatic heterocycles. The lowest BCUT2D eigenvalue weighted by molar-refractivity contribution is -0.384. The van der Waals surface area contributed by atoms with Crippen LogP contribution in [0.3, 0.4) is 0 Å². The molecule has 1 aromatic rings. The van der Waals surface area contributed by atoms with Gasteiger partial charge in [0.25, 0.3) is 5.69 Å². The number of aliphatic hydroxyl groups excluding tert-OH is 1. The van der Waals surface area contributed by atoms with E-state index < -0.39 is 10.8 Å². The van der Waals surface area contributed by atoms with E-state index in [0.29, 0.717) is 17.8 Å². The second-order valence-electron chi connectivity index (χ2n) is 3.71. The topological polar surface area (TPSA) is 110 Å². The smallest absolute Gasteiger partial charge is 0.269 e. The van der Waals surface area contributed by atoms with Gasteiger partial charge < -0.3 is 15.7 Å². The minimum Gasteiger partial charge on any atom is -0.392 e. The van der Waals surface area contributed by atoms with Crippen LogP contribution in [0.15, 0.2) is 18.2 Å². The number of nitrogens with two attached hydrogens (primary N) is 1. The van der Waals surface area contributed by atoms with E-state index in [1.165, 1.54) is 18.2 Å². The van der Waals surface area contributed by atoms with E-state index in [2.05, 4.69) is 0 Å². The van der Waals surface area contributed by atoms with Crippen molar-refractivity contribution in [3.8, 4) is 0 Å². The summed E-state index contributed by atoms with van der Waals surface area (Å²) in [5.74, 6) is -0.501. The van der Waals surface area contributed by atoms with Gasteiger partial charge in [0.05, 0.1) is 18.1 Å². The van der Waals surface area contributed by atoms with Gasteiger partial charge in [-0.2, -0.15) is 0 Å². The molecule has 0 fully saturated rings. The number of nitrogens with zero attached hydrogens (tertiary/aromatic N) is 2. The van der Waals surface area contributed by atoms with Crippen molar-refractivity contribution in [2.45, 2.75) is 13.5 Å². The van der Waals surface area contributed by atoms with Gasteiger partial charge in [-0.15, -0.1) is 0 Å². The predicted octanol–water partition coefficient (Wildman–Crippen LogP) is 0.399. The Morgan fingerprint density at radius 3 is 2.67 bits per heavy atom. The zero-order chi connectivity index (χ0) is 13.7. The third-order valence-corrected chi connectivity index (χ3v) is 2.51. The van der Waals surface area contributed by atoms with Crippen molar-refractivity contribution in [3.63, 3.8) is 0 Å². The van der Waals surface area contributed by atoms with Crippen LogP contribution >= 0.6 is 0 Å². The molecule has 0 heterocycles. The Morgan fingerprint density at radius 1 is 1.56 bits per heavy atom. The lowest BCUT2D eigenvalue weighted by atomic mass is 10.1. The second kappa shape index (κ2) is 5.97. The predicted molar refractivity (Wildman–Crippen MR) is 66.1 cm³/mol. The first-order valence-electron chi connectivity index (χ1n) is 5.41. The minimum atomic E-state index is -0.534. The number of rotatable bonds is 6. The Hall–Kier alpha value is -2.15. The van der Waals surface area contributed by atoms with Crippen LogP contribution in [0.4, 0.5) is 11.4 Å². The number of non-ortho nitro benzene ring substituents is 1. The summed E-state index contributed by atoms with van der Waals surface area (Å²) in [6.07, 6.45) is 0. The average molecular weight is 253 g/mol. The molecule has 7 nitrogen and oxygen atoms in total. The molecule has 0 aliphatic carbocycles. The Bertz CT molecular complexity index is 462. The molecule has 1 aromatic carbocycles. The molecule has 18 heavy (non-hydrogen) atoms. The van der Waals surface area contributed by atoms with Crippen molar-refractivity contribution in [2.24, 2.45) is 5.73 Å². The number of likely N-dealkylation sites (N-methyl/N-ethyl adjacent to an activating group) is 1. The highest BCUT2D eigenvalue weighted by molar-refractivity contribution is 5.80. The first kappa shape index (κ1) is 13.9. The van der Waals surface area contributed by atoms with Crippen molar-refractivity contribution in [1.29, 1.82) is 0 Å². The van der Waals surface area contributed by atoms with Crippen molar-refractivity contribution >= 4 is 17.3 Å². The van der Waals surface area contributed by atoms with E-state index in [1.807, 2.05) is 6.92 Å². The summed E-state index contributed by atoms with van der Waals surface area (Å²) < 4.78 is 0. The number of hydrogen-bond donors (Lipinski definition) is 2. The normalized spacial score (nSPS) is 10.1. The Balaban J connectivity index is 3.14. The summed E-state index contributed by atoms with van der Waals surface area (Å²) in [5.41, 5.74) is 5.99. The monoisotopic (exact) mass is 253 g/mol. The summed E-state index contributed by atoms with van der Waals surface area (Å²) in [5, 5.41) is 19.9. The third kappa shape index (κ3) is 3.17. The third-order valence-electron chi connectivity index (χ3n) is 2.51. The molecule has 98 valence electrons. The van der Waals surface area contributed by atoms with E-state index in [-0.39, 0.29) is 18.8 Å². The van der Waals surface area contributed by atoms with E-state index in [1.54, 1.807) is 4.90 Å². The molecule has 3 N–H and O–H groups in total. The zero-order valence-corrected chi connectivity index (χ0v) is 10.00. The van der Waals surface area contributed by atoms with Crippen LogP contribution in [-0.2, 0) is 11.4 Å². The SMILES string of the molecule is CCN(CC(N)=O)c1ccc([N+](=O)[O-])cc1CO. The molecule has 1 amide bonds. The molecular formula is C11H15N3O4. The van der Waals surface area contributed by atoms with E-state index in [4.69, 9.17) is 5.73 Å². The number of benzene rings is 1. The van der Waals surface area contributed by atoms with E-state index in [0.717, 1.165) is 0 Å². The molecule has 0 aliphatic rings. The minimum absolute atomic E-state index is 0.00130. The van der Waals surface area contributed by atoms with Crippen molar-refractivity contribution in [1.82, 2.24) is 0 Å². The number of carbonyl (C=O) groups is 1. The zero-order valence-electron chi connectivity index (χ0n) is 10.00. The van der Waals surface area contributed by atoms with Crippen LogP contribution in [0.1, 0.15) is 12.5 Å². The fourth-order valence-electron chi connectivity index (χ4n) is 1.68. The average Bonchev–Trinajstić information content (AvgIpc) is 2.34. The first-order chi connectivity index (χ1) is 8.49. The Kier molecular flexibility index (Phi) is 4.61. The van der Waals surface area contributed by atoms with Crippen molar-refractivity contribution < 1.29 is 14.8 Å². The summed E-state index contributed by atoms with van der Waals surface area (Å²) in [7, 11) is 0. The largest absolute Gasteiger partial charge is 0.392 e. The van der Waals surface area contributed by atoms with Gasteiger partial charge in [-0.3, -0.25) is 14.9 Å². The molecule has 0 atom stereocenters. The van der Waals surface area contributed by atoms with E-state index in [9.17, 15) is 20.0 Å². The van der Waals surface area contributed by atoms with Gasteiger partial charge in [-0.05, 0) is 13.0 Å². The highest BCUT2D eigenvalue weighted by atomic mass is 16.6. The van der Waals surface area contributed by atoms with Crippen molar-refractivity contribution in [3.05, 3.63) is 33.9 Å². The highest BCUT2D eigenvalue weighted by Gasteiger charge is 2.15. The van der Waals surface area contributed by atoms with Gasteiger partial charge in [0, 0.05) is 29.9 Å². The first-order valence-corrected chi connectivity index (χ1v) is 5.41. The van der Waals surface area contributed by atoms with Crippen LogP contribution < -0.4 is 10.6 Å². The van der Waals surface area contributed by atoms with Gasteiger partial charge in [-0.25, -0.2) is 0 Å². The fraction of sp³-hybridized carbons (Fsp3) is 0.364. The Labute approximate surface area is 104 Å². The molecular weight excluding hydrogens is 238 g/mol. The summed E-state index contributed by atoms with van der Waals surface area (Å²) >= 11 is 0. The van der Waals surface area contributed by atoms with Gasteiger partial charge in [-0.1, -0.05) is 0 Å². The lowest BCUT2D eigenvalue weighted by Gasteiger charge is -2.23. The molecule has 0 unspecified atom stereocenters. The molecule has 7 heteroatoms. The maximum atomic E-state index is 10.9. The quantitative estimate of drug-likeness (QED) is 0.563. The molecule has 0 aromatic heterocycles. The van der Waals surface area contributed by atoms with Crippen LogP contribution in [0.25, 0.3) is 0 Å². The van der Waals surface area contributed by atoms with E-state index >= 15 is 0 Å². The molecule has 0 bridgehead atoms. The summed E-state index contributed by atoms with van der Waals surface area (Å²) in [6, 6.07) is 4.13. The van der Waals surface area contributed by atoms with Crippen LogP contribution in [-0.4, -0.2) is 29.0 Å². The molecule has 1 rings (SSSR count). The van der Waals surface area contributed by atoms with Gasteiger partial charge >= 0.3 is 0 Å². The Morgan fingerprint density at radius 2 is 2.22 bits per heavy atom. The maximum absolute atomic E-state index is 10.9. The van der Waals surface area contributed by atoms with Gasteiger partial charge in [0.15, 0.2) is 0 Å². The standard InChI is InChI=1S/C11H15N3O4/c1-2-13(6-11(12)16)10-4-3-9(14(17)18)5-8(10)7-15/h3-5,15H,2,6-7H2,1H3,(H2,12,16). The fourth-order valence-corrected chi connectivity index (χ4v) is 1.68. The molecule has 0 saturated carbocycles. The number of primary amides is 1. The molecule has 0 spiro atoms. The number of aliphatic hydroxyl groups is 1. The summed E-state index contributed by atoms with van der Waals surface area (Å²) in [4.78, 5) is 22.7. The van der Waals surface area contributed by atoms with Crippen LogP contribution in [0.2, 0.25) is 0 Å². The van der Waals surface area contributed by atoms with Crippen LogP contribution in [0, 0.1) is 10.1 Å². The van der Waals surface area contributed by atoms with Crippen molar-refractivity contribution in [2.75, 3.05) is 18.0 Å². The number of amides is 1. The number of nitro groups is 1. The second-order valence-corrected chi connectivity index (χ2v) is 3.71. The van der Waals surface area contributed by atoms with Gasteiger partial charge in [0.2, 0.25) is 5.91 Å². The molecule has 0 radical (unpaired) electrons. The maximum Gasteiger partial charge on any atom is 0.269 e. The highest BCUT2D eigenvalue weighted by Crippen LogP contribution is 2.25. The summed E-state index contributed by atoms with van der Waals surface area (Å²) in [6.45, 7) is 1.99. The molecule has 0 saturated heterocycles. The lowest BCUT2D eigenvalue weighted by Crippen LogP contribution is -2.34. The van der Waals surface area contributed by atoms with Crippen LogP contribution in [0.5, 0.6) is 0 Å². The number of anilines is 1. The van der Waals surface area contributed by atoms with Gasteiger partial charge in [0.1, 0.15) is 0 Å². The number of hydrogen-bond acceptors (Lipinski definition) is 5.